The van der Waals surface area contributed by atoms with Gasteiger partial charge in [0.1, 0.15) is 5.66 Å². The summed E-state index contributed by atoms with van der Waals surface area (Å²) >= 11 is 0. The SMILES string of the molecule is CC(=O)NN[C@@]1(C)CC(C)=NN1C(C)=O. The van der Waals surface area contributed by atoms with Gasteiger partial charge in [-0.15, -0.1) is 0 Å². The molecule has 0 aromatic carbocycles. The molecule has 6 heteroatoms. The van der Waals surface area contributed by atoms with E-state index >= 15 is 0 Å². The first kappa shape index (κ1) is 11.6. The van der Waals surface area contributed by atoms with Crippen molar-refractivity contribution in [1.82, 2.24) is 15.9 Å². The average molecular weight is 212 g/mol. The van der Waals surface area contributed by atoms with Crippen molar-refractivity contribution in [2.75, 3.05) is 0 Å². The van der Waals surface area contributed by atoms with E-state index in [9.17, 15) is 9.59 Å². The van der Waals surface area contributed by atoms with Crippen LogP contribution in [0.2, 0.25) is 0 Å². The molecule has 0 unspecified atom stereocenters. The van der Waals surface area contributed by atoms with Gasteiger partial charge < -0.3 is 0 Å². The van der Waals surface area contributed by atoms with Gasteiger partial charge in [0.2, 0.25) is 11.8 Å². The molecule has 1 aliphatic heterocycles. The molecule has 0 spiro atoms. The number of hydrogen-bond acceptors (Lipinski definition) is 4. The van der Waals surface area contributed by atoms with Crippen LogP contribution in [0, 0.1) is 0 Å². The Morgan fingerprint density at radius 1 is 1.47 bits per heavy atom. The highest BCUT2D eigenvalue weighted by Gasteiger charge is 2.39. The molecular weight excluding hydrogens is 196 g/mol. The van der Waals surface area contributed by atoms with E-state index in [2.05, 4.69) is 16.0 Å². The summed E-state index contributed by atoms with van der Waals surface area (Å²) in [5.74, 6) is -0.364. The van der Waals surface area contributed by atoms with Crippen LogP contribution in [0.3, 0.4) is 0 Å². The highest BCUT2D eigenvalue weighted by Crippen LogP contribution is 2.23. The van der Waals surface area contributed by atoms with E-state index in [-0.39, 0.29) is 11.8 Å². The summed E-state index contributed by atoms with van der Waals surface area (Å²) in [6, 6.07) is 0. The van der Waals surface area contributed by atoms with Gasteiger partial charge in [0, 0.05) is 26.0 Å². The second-order valence-electron chi connectivity index (χ2n) is 3.92. The molecule has 1 heterocycles. The topological polar surface area (TPSA) is 73.8 Å². The molecule has 1 rings (SSSR count). The van der Waals surface area contributed by atoms with Crippen molar-refractivity contribution in [3.8, 4) is 0 Å². The van der Waals surface area contributed by atoms with Gasteiger partial charge in [-0.1, -0.05) is 0 Å². The Bertz CT molecular complexity index is 326. The maximum atomic E-state index is 11.3. The van der Waals surface area contributed by atoms with Crippen molar-refractivity contribution in [3.63, 3.8) is 0 Å². The fourth-order valence-electron chi connectivity index (χ4n) is 1.63. The summed E-state index contributed by atoms with van der Waals surface area (Å²) in [7, 11) is 0. The smallest absolute Gasteiger partial charge is 0.241 e. The molecule has 0 bridgehead atoms. The number of carbonyl (C=O) groups is 2. The van der Waals surface area contributed by atoms with Gasteiger partial charge in [-0.3, -0.25) is 15.0 Å². The summed E-state index contributed by atoms with van der Waals surface area (Å²) in [5.41, 5.74) is 5.47. The van der Waals surface area contributed by atoms with Crippen molar-refractivity contribution in [1.29, 1.82) is 0 Å². The lowest BCUT2D eigenvalue weighted by Crippen LogP contribution is -2.59. The van der Waals surface area contributed by atoms with E-state index < -0.39 is 5.66 Å². The zero-order valence-electron chi connectivity index (χ0n) is 9.42. The fraction of sp³-hybridized carbons (Fsp3) is 0.667. The molecule has 1 aliphatic rings. The number of rotatable bonds is 2. The molecule has 0 fully saturated rings. The van der Waals surface area contributed by atoms with Crippen LogP contribution in [0.5, 0.6) is 0 Å². The van der Waals surface area contributed by atoms with Crippen LogP contribution in [0.4, 0.5) is 0 Å². The number of hydrazone groups is 1. The number of nitrogens with one attached hydrogen (secondary N) is 2. The normalized spacial score (nSPS) is 25.1. The van der Waals surface area contributed by atoms with Gasteiger partial charge >= 0.3 is 0 Å². The first-order valence-corrected chi connectivity index (χ1v) is 4.74. The monoisotopic (exact) mass is 212 g/mol. The Kier molecular flexibility index (Phi) is 3.09. The summed E-state index contributed by atoms with van der Waals surface area (Å²) in [6.07, 6.45) is 0.590. The van der Waals surface area contributed by atoms with Crippen molar-refractivity contribution in [2.24, 2.45) is 5.10 Å². The number of carbonyl (C=O) groups excluding carboxylic acids is 2. The largest absolute Gasteiger partial charge is 0.290 e. The summed E-state index contributed by atoms with van der Waals surface area (Å²) in [6.45, 7) is 6.49. The van der Waals surface area contributed by atoms with Crippen LogP contribution < -0.4 is 10.9 Å². The molecule has 0 aromatic rings. The van der Waals surface area contributed by atoms with Gasteiger partial charge in [-0.05, 0) is 13.8 Å². The van der Waals surface area contributed by atoms with Gasteiger partial charge in [0.15, 0.2) is 0 Å². The number of nitrogens with zero attached hydrogens (tertiary/aromatic N) is 2. The molecule has 0 aromatic heterocycles. The number of hydrogen-bond donors (Lipinski definition) is 2. The number of hydrazine groups is 1. The van der Waals surface area contributed by atoms with E-state index in [1.165, 1.54) is 18.9 Å². The lowest BCUT2D eigenvalue weighted by Gasteiger charge is -2.32. The molecule has 0 radical (unpaired) electrons. The standard InChI is InChI=1S/C9H16N4O2/c1-6-5-9(4,12-10-7(2)14)13(11-6)8(3)15/h12H,5H2,1-4H3,(H,10,14)/t9-/m1/s1. The zero-order chi connectivity index (χ0) is 11.6. The Hall–Kier alpha value is -1.43. The van der Waals surface area contributed by atoms with E-state index in [1.807, 2.05) is 13.8 Å². The maximum absolute atomic E-state index is 11.3. The molecular formula is C9H16N4O2. The molecule has 0 saturated heterocycles. The van der Waals surface area contributed by atoms with Crippen molar-refractivity contribution in [3.05, 3.63) is 0 Å². The average Bonchev–Trinajstić information content (AvgIpc) is 2.39. The molecule has 6 nitrogen and oxygen atoms in total. The molecule has 1 atom stereocenters. The van der Waals surface area contributed by atoms with Crippen LogP contribution >= 0.6 is 0 Å². The third-order valence-corrected chi connectivity index (χ3v) is 2.14. The van der Waals surface area contributed by atoms with E-state index in [0.717, 1.165) is 5.71 Å². The first-order valence-electron chi connectivity index (χ1n) is 4.74. The van der Waals surface area contributed by atoms with Crippen LogP contribution in [-0.2, 0) is 9.59 Å². The Morgan fingerprint density at radius 2 is 2.07 bits per heavy atom. The van der Waals surface area contributed by atoms with Crippen molar-refractivity contribution < 1.29 is 9.59 Å². The highest BCUT2D eigenvalue weighted by molar-refractivity contribution is 5.88. The van der Waals surface area contributed by atoms with E-state index in [1.54, 1.807) is 0 Å². The Morgan fingerprint density at radius 3 is 2.53 bits per heavy atom. The molecule has 2 amide bonds. The van der Waals surface area contributed by atoms with Gasteiger partial charge in [-0.25, -0.2) is 10.4 Å². The Labute approximate surface area is 88.7 Å². The summed E-state index contributed by atoms with van der Waals surface area (Å²) < 4.78 is 0. The quantitative estimate of drug-likeness (QED) is 0.631. The van der Waals surface area contributed by atoms with E-state index in [4.69, 9.17) is 0 Å². The van der Waals surface area contributed by atoms with Gasteiger partial charge in [-0.2, -0.15) is 5.10 Å². The lowest BCUT2D eigenvalue weighted by molar-refractivity contribution is -0.136. The van der Waals surface area contributed by atoms with Gasteiger partial charge in [0.25, 0.3) is 0 Å². The predicted octanol–water partition coefficient (Wildman–Crippen LogP) is -0.0286. The highest BCUT2D eigenvalue weighted by atomic mass is 16.2. The fourth-order valence-corrected chi connectivity index (χ4v) is 1.63. The minimum Gasteiger partial charge on any atom is -0.290 e. The van der Waals surface area contributed by atoms with Crippen LogP contribution in [0.15, 0.2) is 5.10 Å². The lowest BCUT2D eigenvalue weighted by atomic mass is 10.1. The molecule has 15 heavy (non-hydrogen) atoms. The third-order valence-electron chi connectivity index (χ3n) is 2.14. The van der Waals surface area contributed by atoms with E-state index in [0.29, 0.717) is 6.42 Å². The Balaban J connectivity index is 2.75. The summed E-state index contributed by atoms with van der Waals surface area (Å²) in [4.78, 5) is 22.1. The predicted molar refractivity (Wildman–Crippen MR) is 55.6 cm³/mol. The molecule has 0 aliphatic carbocycles. The van der Waals surface area contributed by atoms with Crippen LogP contribution in [0.25, 0.3) is 0 Å². The molecule has 84 valence electrons. The maximum Gasteiger partial charge on any atom is 0.241 e. The second-order valence-corrected chi connectivity index (χ2v) is 3.92. The van der Waals surface area contributed by atoms with Crippen molar-refractivity contribution >= 4 is 17.5 Å². The summed E-state index contributed by atoms with van der Waals surface area (Å²) in [5, 5.41) is 5.45. The van der Waals surface area contributed by atoms with Crippen molar-refractivity contribution in [2.45, 2.75) is 39.8 Å². The minimum absolute atomic E-state index is 0.160. The molecule has 2 N–H and O–H groups in total. The van der Waals surface area contributed by atoms with Crippen LogP contribution in [0.1, 0.15) is 34.1 Å². The third kappa shape index (κ3) is 2.53. The van der Waals surface area contributed by atoms with Crippen LogP contribution in [-0.4, -0.2) is 28.2 Å². The first-order chi connectivity index (χ1) is 6.85. The second kappa shape index (κ2) is 3.98. The minimum atomic E-state index is -0.665. The zero-order valence-corrected chi connectivity index (χ0v) is 9.42. The molecule has 0 saturated carbocycles. The van der Waals surface area contributed by atoms with Gasteiger partial charge in [0.05, 0.1) is 0 Å². The number of amides is 2.